The Morgan fingerprint density at radius 2 is 1.11 bits per heavy atom. The number of hydrogen-bond donors (Lipinski definition) is 1. The Labute approximate surface area is 446 Å². The van der Waals surface area contributed by atoms with E-state index in [2.05, 4.69) is 13.8 Å². The largest absolute Gasteiger partial charge is 0.463 e. The lowest BCUT2D eigenvalue weighted by Crippen LogP contribution is -2.61. The van der Waals surface area contributed by atoms with Crippen LogP contribution in [0.5, 0.6) is 0 Å². The number of carbonyl (C=O) groups excluding carboxylic acids is 7. The third-order valence-corrected chi connectivity index (χ3v) is 19.9. The molecule has 0 spiro atoms. The van der Waals surface area contributed by atoms with Gasteiger partial charge in [-0.3, -0.25) is 24.0 Å². The summed E-state index contributed by atoms with van der Waals surface area (Å²) in [4.78, 5) is 82.8. The van der Waals surface area contributed by atoms with Gasteiger partial charge in [0.15, 0.2) is 18.8 Å². The minimum Gasteiger partial charge on any atom is -0.463 e. The summed E-state index contributed by atoms with van der Waals surface area (Å²) in [7, 11) is 0. The van der Waals surface area contributed by atoms with E-state index in [1.807, 2.05) is 48.5 Å². The van der Waals surface area contributed by atoms with Crippen LogP contribution in [0.25, 0.3) is 0 Å². The molecule has 1 N–H and O–H groups in total. The molecule has 16 heteroatoms. The fraction of sp³-hybridized carbons (Fsp3) is 0.881. The number of carbonyl (C=O) groups is 7. The van der Waals surface area contributed by atoms with Crippen molar-refractivity contribution >= 4 is 41.8 Å². The maximum atomic E-state index is 12.6. The molecular weight excluding hydrogens is 965 g/mol. The van der Waals surface area contributed by atoms with Gasteiger partial charge < -0.3 is 43.0 Å². The molecule has 4 saturated heterocycles. The lowest BCUT2D eigenvalue weighted by molar-refractivity contribution is -0.225. The maximum absolute atomic E-state index is 12.6. The Hall–Kier alpha value is -3.79. The zero-order valence-electron chi connectivity index (χ0n) is 47.6. The van der Waals surface area contributed by atoms with Crippen molar-refractivity contribution < 1.29 is 76.6 Å². The molecule has 8 aliphatic carbocycles. The van der Waals surface area contributed by atoms with Crippen molar-refractivity contribution in [3.8, 4) is 0 Å². The van der Waals surface area contributed by atoms with Crippen LogP contribution >= 0.6 is 0 Å². The topological polar surface area (TPSA) is 214 Å². The van der Waals surface area contributed by atoms with Gasteiger partial charge in [0.05, 0.1) is 45.9 Å². The lowest BCUT2D eigenvalue weighted by atomic mass is 9.49. The van der Waals surface area contributed by atoms with Gasteiger partial charge in [0.25, 0.3) is 0 Å². The van der Waals surface area contributed by atoms with Gasteiger partial charge in [0, 0.05) is 12.8 Å². The average molecular weight is 1060 g/mol. The van der Waals surface area contributed by atoms with E-state index in [1.54, 1.807) is 27.7 Å². The van der Waals surface area contributed by atoms with E-state index in [0.717, 1.165) is 56.8 Å². The molecule has 8 saturated carbocycles. The second-order valence-electron chi connectivity index (χ2n) is 27.0. The minimum absolute atomic E-state index is 0.0364. The molecule has 424 valence electrons. The van der Waals surface area contributed by atoms with Crippen LogP contribution in [-0.4, -0.2) is 107 Å². The molecule has 0 aromatic carbocycles. The smallest absolute Gasteiger partial charge is 0.347 e. The zero-order chi connectivity index (χ0) is 55.3. The van der Waals surface area contributed by atoms with Gasteiger partial charge >= 0.3 is 41.8 Å². The second kappa shape index (κ2) is 22.2. The molecule has 16 nitrogen and oxygen atoms in total. The number of hydrogen-bond acceptors (Lipinski definition) is 16. The summed E-state index contributed by atoms with van der Waals surface area (Å²) >= 11 is 0. The highest BCUT2D eigenvalue weighted by Crippen LogP contribution is 2.62. The molecular formula is C59H92O16. The fourth-order valence-electron chi connectivity index (χ4n) is 14.0. The average Bonchev–Trinajstić information content (AvgIpc) is 4.10. The first kappa shape index (κ1) is 58.9. The van der Waals surface area contributed by atoms with Crippen LogP contribution in [0.15, 0.2) is 0 Å². The van der Waals surface area contributed by atoms with E-state index in [9.17, 15) is 38.7 Å². The molecule has 4 heterocycles. The van der Waals surface area contributed by atoms with Gasteiger partial charge in [-0.1, -0.05) is 34.6 Å². The Morgan fingerprint density at radius 3 is 1.60 bits per heavy atom. The van der Waals surface area contributed by atoms with E-state index in [0.29, 0.717) is 62.4 Å². The summed E-state index contributed by atoms with van der Waals surface area (Å²) < 4.78 is 43.1. The van der Waals surface area contributed by atoms with E-state index >= 15 is 0 Å². The molecule has 75 heavy (non-hydrogen) atoms. The van der Waals surface area contributed by atoms with E-state index in [-0.39, 0.29) is 58.6 Å². The zero-order valence-corrected chi connectivity index (χ0v) is 47.6. The highest BCUT2D eigenvalue weighted by Gasteiger charge is 2.65. The first-order chi connectivity index (χ1) is 35.0. The summed E-state index contributed by atoms with van der Waals surface area (Å²) in [6.45, 7) is 25.1. The Morgan fingerprint density at radius 1 is 0.600 bits per heavy atom. The summed E-state index contributed by atoms with van der Waals surface area (Å²) in [6, 6.07) is 0. The van der Waals surface area contributed by atoms with Crippen molar-refractivity contribution in [1.29, 1.82) is 0 Å². The van der Waals surface area contributed by atoms with Crippen LogP contribution in [0.4, 0.5) is 0 Å². The molecule has 0 radical (unpaired) electrons. The Balaban J connectivity index is 0.000000148. The number of cyclic esters (lactones) is 1. The molecule has 10 bridgehead atoms. The first-order valence-electron chi connectivity index (χ1n) is 28.8. The van der Waals surface area contributed by atoms with Crippen LogP contribution in [0.3, 0.4) is 0 Å². The van der Waals surface area contributed by atoms with Gasteiger partial charge in [-0.25, -0.2) is 9.59 Å². The van der Waals surface area contributed by atoms with Crippen molar-refractivity contribution in [2.45, 2.75) is 253 Å². The van der Waals surface area contributed by atoms with E-state index in [1.165, 1.54) is 38.5 Å². The normalized spacial score (nSPS) is 37.1. The van der Waals surface area contributed by atoms with Gasteiger partial charge in [-0.2, -0.15) is 0 Å². The van der Waals surface area contributed by atoms with Crippen molar-refractivity contribution in [3.05, 3.63) is 0 Å². The van der Waals surface area contributed by atoms with Crippen LogP contribution < -0.4 is 0 Å². The SMILES string of the molecule is CCC(C)(C)C(=O)OC1(CC)C2CC3CC(C2)CC1C3.CCC(C)(C)C(=O)OC12CC3CC(CC(O)(C3)C1)C2.CCC(C)(C)C(=O)OC1CCOC1=O.CCC(C)(C)C(=O)OCC(=O)OC1C2CC3C(=O)OC1C3O2. The molecule has 0 amide bonds. The monoisotopic (exact) mass is 1060 g/mol. The number of rotatable bonds is 15. The molecule has 12 aliphatic rings. The summed E-state index contributed by atoms with van der Waals surface area (Å²) in [5.74, 6) is 1.84. The second-order valence-corrected chi connectivity index (χ2v) is 27.0. The number of fused-ring (bicyclic) bond motifs is 1. The van der Waals surface area contributed by atoms with Crippen molar-refractivity contribution in [2.75, 3.05) is 13.2 Å². The Bertz CT molecular complexity index is 2100. The predicted molar refractivity (Wildman–Crippen MR) is 274 cm³/mol. The van der Waals surface area contributed by atoms with E-state index in [4.69, 9.17) is 37.9 Å². The molecule has 12 rings (SSSR count). The lowest BCUT2D eigenvalue weighted by Gasteiger charge is -2.60. The molecule has 8 unspecified atom stereocenters. The van der Waals surface area contributed by atoms with Gasteiger partial charge in [-0.15, -0.1) is 0 Å². The molecule has 0 aromatic heterocycles. The molecule has 8 atom stereocenters. The summed E-state index contributed by atoms with van der Waals surface area (Å²) in [5.41, 5.74) is -2.95. The quantitative estimate of drug-likeness (QED) is 0.119. The minimum atomic E-state index is -0.687. The van der Waals surface area contributed by atoms with Gasteiger partial charge in [0.1, 0.15) is 17.3 Å². The number of aliphatic hydroxyl groups is 1. The van der Waals surface area contributed by atoms with E-state index < -0.39 is 64.7 Å². The van der Waals surface area contributed by atoms with Crippen LogP contribution in [0.2, 0.25) is 0 Å². The first-order valence-corrected chi connectivity index (χ1v) is 28.8. The van der Waals surface area contributed by atoms with Crippen LogP contribution in [0, 0.1) is 63.1 Å². The Kier molecular flexibility index (Phi) is 17.4. The standard InChI is InChI=1S/C18H30O2.C16H26O3.C15H20O7.C10H16O4/c1-5-17(3,4)16(19)20-18(6-2)14-8-12-7-13(10-14)11-15(18)9-12;1-4-14(2,3)13(17)19-16-8-11-5-12(9-16)7-15(18,6-11)10-16;1-4-15(2,3)14(18)19-6-9(16)21-11-8-5-7-10(20-8)12(11)22-13(7)17;1-4-10(2,3)9(12)14-7-5-6-13-8(7)11/h12-15H,5-11H2,1-4H3;11-12,18H,4-10H2,1-3H3;7-8,10-12H,4-6H2,1-3H3;7H,4-6H2,1-3H3. The fourth-order valence-corrected chi connectivity index (χ4v) is 14.0. The van der Waals surface area contributed by atoms with Gasteiger partial charge in [0.2, 0.25) is 6.10 Å². The summed E-state index contributed by atoms with van der Waals surface area (Å²) in [5, 5.41) is 10.6. The third-order valence-electron chi connectivity index (χ3n) is 19.9. The maximum Gasteiger partial charge on any atom is 0.347 e. The van der Waals surface area contributed by atoms with Crippen LogP contribution in [-0.2, 0) is 71.5 Å². The van der Waals surface area contributed by atoms with Gasteiger partial charge in [-0.05, 0) is 194 Å². The number of ether oxygens (including phenoxy) is 8. The van der Waals surface area contributed by atoms with Crippen molar-refractivity contribution in [1.82, 2.24) is 0 Å². The van der Waals surface area contributed by atoms with Crippen molar-refractivity contribution in [2.24, 2.45) is 63.1 Å². The summed E-state index contributed by atoms with van der Waals surface area (Å²) in [6.07, 6.45) is 14.8. The highest BCUT2D eigenvalue weighted by atomic mass is 16.7. The molecule has 4 aliphatic heterocycles. The number of esters is 7. The predicted octanol–water partition coefficient (Wildman–Crippen LogP) is 9.49. The molecule has 0 aromatic rings. The van der Waals surface area contributed by atoms with Crippen LogP contribution in [0.1, 0.15) is 206 Å². The third kappa shape index (κ3) is 12.4. The highest BCUT2D eigenvalue weighted by molar-refractivity contribution is 5.83. The van der Waals surface area contributed by atoms with Crippen molar-refractivity contribution in [3.63, 3.8) is 0 Å². The molecule has 12 fully saturated rings.